The van der Waals surface area contributed by atoms with Crippen LogP contribution in [0, 0.1) is 23.2 Å². The molecule has 0 amide bonds. The van der Waals surface area contributed by atoms with E-state index in [2.05, 4.69) is 20.8 Å². The third-order valence-corrected chi connectivity index (χ3v) is 4.60. The second-order valence-electron chi connectivity index (χ2n) is 6.79. The third-order valence-electron chi connectivity index (χ3n) is 4.60. The normalized spacial score (nSPS) is 39.2. The van der Waals surface area contributed by atoms with Gasteiger partial charge in [0.2, 0.25) is 0 Å². The Bertz CT molecular complexity index is 173. The molecule has 0 aliphatic heterocycles. The Balaban J connectivity index is 2.03. The first-order valence-electron chi connectivity index (χ1n) is 6.55. The molecule has 2 aliphatic rings. The van der Waals surface area contributed by atoms with Gasteiger partial charge in [0.05, 0.1) is 0 Å². The summed E-state index contributed by atoms with van der Waals surface area (Å²) in [7, 11) is 0. The fraction of sp³-hybridized carbons (Fsp3) is 1.00. The monoisotopic (exact) mass is 194 g/mol. The highest BCUT2D eigenvalue weighted by atomic mass is 14.4. The fourth-order valence-corrected chi connectivity index (χ4v) is 3.61. The number of rotatable bonds is 0. The molecule has 2 atom stereocenters. The van der Waals surface area contributed by atoms with Gasteiger partial charge in [0.15, 0.2) is 0 Å². The maximum Gasteiger partial charge on any atom is -0.0354 e. The summed E-state index contributed by atoms with van der Waals surface area (Å²) in [5.74, 6) is 3.17. The Labute approximate surface area is 89.5 Å². The van der Waals surface area contributed by atoms with Crippen LogP contribution in [-0.2, 0) is 0 Å². The van der Waals surface area contributed by atoms with E-state index < -0.39 is 0 Å². The molecule has 2 bridgehead atoms. The average molecular weight is 194 g/mol. The lowest BCUT2D eigenvalue weighted by Gasteiger charge is -2.40. The molecule has 0 saturated heterocycles. The van der Waals surface area contributed by atoms with Crippen molar-refractivity contribution in [2.45, 2.75) is 65.7 Å². The molecule has 0 aromatic carbocycles. The van der Waals surface area contributed by atoms with Crippen LogP contribution in [0.3, 0.4) is 0 Å². The molecule has 82 valence electrons. The van der Waals surface area contributed by atoms with Crippen LogP contribution in [-0.4, -0.2) is 0 Å². The molecule has 2 aliphatic carbocycles. The summed E-state index contributed by atoms with van der Waals surface area (Å²) in [6, 6.07) is 0. The van der Waals surface area contributed by atoms with Gasteiger partial charge in [0, 0.05) is 0 Å². The van der Waals surface area contributed by atoms with Crippen LogP contribution in [0.1, 0.15) is 65.7 Å². The minimum Gasteiger partial charge on any atom is -0.0599 e. The molecule has 0 aromatic heterocycles. The Morgan fingerprint density at radius 2 is 1.29 bits per heavy atom. The van der Waals surface area contributed by atoms with Crippen LogP contribution in [0.5, 0.6) is 0 Å². The molecule has 2 unspecified atom stereocenters. The van der Waals surface area contributed by atoms with Gasteiger partial charge in [-0.3, -0.25) is 0 Å². The van der Waals surface area contributed by atoms with Gasteiger partial charge in [-0.1, -0.05) is 46.5 Å². The number of fused-ring (bicyclic) bond motifs is 2. The van der Waals surface area contributed by atoms with Crippen LogP contribution in [0.2, 0.25) is 0 Å². The molecule has 2 saturated carbocycles. The van der Waals surface area contributed by atoms with E-state index in [4.69, 9.17) is 0 Å². The van der Waals surface area contributed by atoms with E-state index in [0.29, 0.717) is 5.41 Å². The Morgan fingerprint density at radius 1 is 0.786 bits per heavy atom. The second kappa shape index (κ2) is 3.87. The molecular weight excluding hydrogens is 168 g/mol. The first-order chi connectivity index (χ1) is 6.55. The Morgan fingerprint density at radius 3 is 1.71 bits per heavy atom. The van der Waals surface area contributed by atoms with E-state index in [-0.39, 0.29) is 0 Å². The van der Waals surface area contributed by atoms with Crippen molar-refractivity contribution < 1.29 is 0 Å². The largest absolute Gasteiger partial charge is 0.0599 e. The van der Waals surface area contributed by atoms with Gasteiger partial charge in [-0.05, 0) is 42.4 Å². The highest BCUT2D eigenvalue weighted by Crippen LogP contribution is 2.47. The molecule has 0 radical (unpaired) electrons. The molecule has 2 rings (SSSR count). The predicted molar refractivity (Wildman–Crippen MR) is 62.2 cm³/mol. The van der Waals surface area contributed by atoms with Crippen molar-refractivity contribution in [2.75, 3.05) is 0 Å². The highest BCUT2D eigenvalue weighted by Gasteiger charge is 2.35. The van der Waals surface area contributed by atoms with E-state index in [9.17, 15) is 0 Å². The van der Waals surface area contributed by atoms with Gasteiger partial charge < -0.3 is 0 Å². The second-order valence-corrected chi connectivity index (χ2v) is 6.79. The molecule has 0 aromatic rings. The van der Waals surface area contributed by atoms with Crippen molar-refractivity contribution in [1.29, 1.82) is 0 Å². The molecule has 0 heterocycles. The summed E-state index contributed by atoms with van der Waals surface area (Å²) < 4.78 is 0. The zero-order valence-corrected chi connectivity index (χ0v) is 10.2. The molecule has 0 N–H and O–H groups in total. The summed E-state index contributed by atoms with van der Waals surface area (Å²) in [5, 5.41) is 0. The fourth-order valence-electron chi connectivity index (χ4n) is 3.61. The van der Waals surface area contributed by atoms with Crippen molar-refractivity contribution in [2.24, 2.45) is 23.2 Å². The lowest BCUT2D eigenvalue weighted by atomic mass is 9.65. The third kappa shape index (κ3) is 2.32. The van der Waals surface area contributed by atoms with Crippen LogP contribution >= 0.6 is 0 Å². The minimum absolute atomic E-state index is 0.557. The van der Waals surface area contributed by atoms with Crippen LogP contribution < -0.4 is 0 Å². The summed E-state index contributed by atoms with van der Waals surface area (Å²) in [4.78, 5) is 0. The SMILES string of the molecule is CC(C)(C)C1CC2CCCCC(C2)C1. The van der Waals surface area contributed by atoms with E-state index in [1.54, 1.807) is 6.42 Å². The topological polar surface area (TPSA) is 0 Å². The summed E-state index contributed by atoms with van der Waals surface area (Å²) in [6.07, 6.45) is 10.7. The van der Waals surface area contributed by atoms with Crippen molar-refractivity contribution in [3.8, 4) is 0 Å². The Kier molecular flexibility index (Phi) is 2.91. The lowest BCUT2D eigenvalue weighted by Crippen LogP contribution is -2.30. The minimum atomic E-state index is 0.557. The van der Waals surface area contributed by atoms with Gasteiger partial charge in [0.1, 0.15) is 0 Å². The summed E-state index contributed by atoms with van der Waals surface area (Å²) in [6.45, 7) is 7.32. The quantitative estimate of drug-likeness (QED) is 0.527. The Hall–Kier alpha value is 0. The average Bonchev–Trinajstić information content (AvgIpc) is 2.25. The van der Waals surface area contributed by atoms with Crippen LogP contribution in [0.25, 0.3) is 0 Å². The van der Waals surface area contributed by atoms with E-state index in [1.807, 2.05) is 0 Å². The van der Waals surface area contributed by atoms with E-state index in [1.165, 1.54) is 38.5 Å². The maximum atomic E-state index is 2.44. The van der Waals surface area contributed by atoms with Crippen molar-refractivity contribution in [1.82, 2.24) is 0 Å². The van der Waals surface area contributed by atoms with Gasteiger partial charge in [-0.25, -0.2) is 0 Å². The predicted octanol–water partition coefficient (Wildman–Crippen LogP) is 4.64. The first kappa shape index (κ1) is 10.5. The summed E-state index contributed by atoms with van der Waals surface area (Å²) in [5.41, 5.74) is 0.557. The number of hydrogen-bond acceptors (Lipinski definition) is 0. The van der Waals surface area contributed by atoms with Crippen molar-refractivity contribution in [3.63, 3.8) is 0 Å². The van der Waals surface area contributed by atoms with Gasteiger partial charge >= 0.3 is 0 Å². The zero-order valence-electron chi connectivity index (χ0n) is 10.2. The molecule has 2 fully saturated rings. The standard InChI is InChI=1S/C14H26/c1-14(2,3)13-9-11-6-4-5-7-12(8-11)10-13/h11-13H,4-10H2,1-3H3. The number of hydrogen-bond donors (Lipinski definition) is 0. The molecule has 0 spiro atoms. The van der Waals surface area contributed by atoms with Crippen molar-refractivity contribution >= 4 is 0 Å². The smallest absolute Gasteiger partial charge is 0.0354 e. The zero-order chi connectivity index (χ0) is 10.2. The lowest BCUT2D eigenvalue weighted by molar-refractivity contribution is 0.104. The highest BCUT2D eigenvalue weighted by molar-refractivity contribution is 4.86. The van der Waals surface area contributed by atoms with Crippen LogP contribution in [0.4, 0.5) is 0 Å². The first-order valence-corrected chi connectivity index (χ1v) is 6.55. The molecule has 0 nitrogen and oxygen atoms in total. The maximum absolute atomic E-state index is 2.44. The van der Waals surface area contributed by atoms with E-state index in [0.717, 1.165) is 17.8 Å². The molecule has 14 heavy (non-hydrogen) atoms. The van der Waals surface area contributed by atoms with E-state index >= 15 is 0 Å². The van der Waals surface area contributed by atoms with Crippen molar-refractivity contribution in [3.05, 3.63) is 0 Å². The molecule has 0 heteroatoms. The summed E-state index contributed by atoms with van der Waals surface area (Å²) >= 11 is 0. The van der Waals surface area contributed by atoms with Gasteiger partial charge in [-0.2, -0.15) is 0 Å². The van der Waals surface area contributed by atoms with Gasteiger partial charge in [0.25, 0.3) is 0 Å². The van der Waals surface area contributed by atoms with Gasteiger partial charge in [-0.15, -0.1) is 0 Å². The molecular formula is C14H26. The van der Waals surface area contributed by atoms with Crippen LogP contribution in [0.15, 0.2) is 0 Å².